The van der Waals surface area contributed by atoms with E-state index in [0.29, 0.717) is 12.0 Å². The number of nitrogens with zero attached hydrogens (tertiary/aromatic N) is 3. The summed E-state index contributed by atoms with van der Waals surface area (Å²) in [6.07, 6.45) is 6.04. The molecule has 1 aromatic heterocycles. The first-order valence-corrected chi connectivity index (χ1v) is 7.69. The van der Waals surface area contributed by atoms with Crippen LogP contribution in [0.15, 0.2) is 4.52 Å². The first-order chi connectivity index (χ1) is 9.86. The van der Waals surface area contributed by atoms with E-state index in [9.17, 15) is 0 Å². The van der Waals surface area contributed by atoms with Crippen LogP contribution in [0.25, 0.3) is 0 Å². The maximum atomic E-state index is 5.44. The lowest BCUT2D eigenvalue weighted by atomic mass is 9.82. The number of hydrogen-bond acceptors (Lipinski definition) is 6. The summed E-state index contributed by atoms with van der Waals surface area (Å²) in [6, 6.07) is 0.586. The van der Waals surface area contributed by atoms with Gasteiger partial charge in [-0.1, -0.05) is 12.8 Å². The van der Waals surface area contributed by atoms with Gasteiger partial charge in [0, 0.05) is 25.6 Å². The van der Waals surface area contributed by atoms with Gasteiger partial charge < -0.3 is 19.5 Å². The first-order valence-electron chi connectivity index (χ1n) is 7.69. The van der Waals surface area contributed by atoms with Crippen molar-refractivity contribution in [3.8, 4) is 0 Å². The molecule has 0 radical (unpaired) electrons. The molecule has 2 heterocycles. The third-order valence-electron chi connectivity index (χ3n) is 4.47. The normalized spacial score (nSPS) is 27.8. The summed E-state index contributed by atoms with van der Waals surface area (Å²) in [5, 5.41) is 7.55. The average Bonchev–Trinajstić information content (AvgIpc) is 2.97. The Bertz CT molecular complexity index is 417. The minimum absolute atomic E-state index is 0.586. The van der Waals surface area contributed by atoms with E-state index in [4.69, 9.17) is 9.26 Å². The monoisotopic (exact) mass is 280 g/mol. The van der Waals surface area contributed by atoms with Crippen molar-refractivity contribution >= 4 is 5.95 Å². The van der Waals surface area contributed by atoms with Gasteiger partial charge >= 0.3 is 0 Å². The predicted molar refractivity (Wildman–Crippen MR) is 75.8 cm³/mol. The predicted octanol–water partition coefficient (Wildman–Crippen LogP) is 1.23. The van der Waals surface area contributed by atoms with E-state index in [1.807, 2.05) is 0 Å². The third kappa shape index (κ3) is 3.12. The maximum Gasteiger partial charge on any atom is 0.266 e. The lowest BCUT2D eigenvalue weighted by Crippen LogP contribution is -2.37. The summed E-state index contributed by atoms with van der Waals surface area (Å²) in [7, 11) is 2.05. The van der Waals surface area contributed by atoms with E-state index >= 15 is 0 Å². The highest BCUT2D eigenvalue weighted by Crippen LogP contribution is 2.27. The summed E-state index contributed by atoms with van der Waals surface area (Å²) in [5.74, 6) is 2.12. The Hall–Kier alpha value is -1.14. The molecule has 112 valence electrons. The highest BCUT2D eigenvalue weighted by molar-refractivity contribution is 5.28. The smallest absolute Gasteiger partial charge is 0.266 e. The molecule has 3 rings (SSSR count). The van der Waals surface area contributed by atoms with Gasteiger partial charge in [0.1, 0.15) is 0 Å². The van der Waals surface area contributed by atoms with E-state index in [1.165, 1.54) is 25.7 Å². The Balaban J connectivity index is 1.61. The lowest BCUT2D eigenvalue weighted by molar-refractivity contribution is 0.121. The largest absolute Gasteiger partial charge is 0.378 e. The highest BCUT2D eigenvalue weighted by Gasteiger charge is 2.26. The van der Waals surface area contributed by atoms with Gasteiger partial charge in [-0.15, -0.1) is 0 Å². The molecule has 20 heavy (non-hydrogen) atoms. The van der Waals surface area contributed by atoms with Gasteiger partial charge in [-0.25, -0.2) is 0 Å². The summed E-state index contributed by atoms with van der Waals surface area (Å²) >= 11 is 0. The van der Waals surface area contributed by atoms with Crippen LogP contribution in [0.1, 0.15) is 31.6 Å². The van der Waals surface area contributed by atoms with Gasteiger partial charge in [-0.05, 0) is 31.0 Å². The zero-order valence-corrected chi connectivity index (χ0v) is 12.2. The van der Waals surface area contributed by atoms with Crippen LogP contribution < -0.4 is 10.2 Å². The van der Waals surface area contributed by atoms with Crippen LogP contribution in [-0.2, 0) is 11.2 Å². The van der Waals surface area contributed by atoms with Crippen LogP contribution in [-0.4, -0.2) is 49.5 Å². The second-order valence-electron chi connectivity index (χ2n) is 5.73. The number of anilines is 1. The maximum absolute atomic E-state index is 5.44. The minimum Gasteiger partial charge on any atom is -0.378 e. The molecule has 1 N–H and O–H groups in total. The number of nitrogens with one attached hydrogen (secondary N) is 1. The molecule has 6 nitrogen and oxygen atoms in total. The average molecular weight is 280 g/mol. The van der Waals surface area contributed by atoms with Crippen LogP contribution in [0.4, 0.5) is 5.95 Å². The van der Waals surface area contributed by atoms with E-state index in [-0.39, 0.29) is 0 Å². The Morgan fingerprint density at radius 1 is 1.25 bits per heavy atom. The fourth-order valence-electron chi connectivity index (χ4n) is 3.28. The van der Waals surface area contributed by atoms with E-state index in [0.717, 1.165) is 44.6 Å². The van der Waals surface area contributed by atoms with Crippen molar-refractivity contribution in [2.24, 2.45) is 5.92 Å². The number of hydrogen-bond donors (Lipinski definition) is 1. The van der Waals surface area contributed by atoms with Crippen molar-refractivity contribution in [1.82, 2.24) is 15.5 Å². The van der Waals surface area contributed by atoms with Crippen molar-refractivity contribution in [2.75, 3.05) is 38.3 Å². The Kier molecular flexibility index (Phi) is 4.52. The number of ether oxygens (including phenoxy) is 1. The lowest BCUT2D eigenvalue weighted by Gasteiger charge is -2.30. The molecule has 1 aliphatic carbocycles. The fraction of sp³-hybridized carbons (Fsp3) is 0.857. The highest BCUT2D eigenvalue weighted by atomic mass is 16.5. The van der Waals surface area contributed by atoms with Crippen LogP contribution in [0, 0.1) is 5.92 Å². The number of aromatic nitrogens is 2. The molecule has 0 bridgehead atoms. The SMILES string of the molecule is CNC1CCCCC1Cc1nc(N2CCOCC2)no1. The molecule has 1 aromatic rings. The molecule has 6 heteroatoms. The van der Waals surface area contributed by atoms with E-state index in [1.54, 1.807) is 0 Å². The second kappa shape index (κ2) is 6.54. The van der Waals surface area contributed by atoms with Crippen molar-refractivity contribution in [1.29, 1.82) is 0 Å². The molecule has 2 unspecified atom stereocenters. The van der Waals surface area contributed by atoms with Crippen LogP contribution >= 0.6 is 0 Å². The topological polar surface area (TPSA) is 63.4 Å². The van der Waals surface area contributed by atoms with E-state index in [2.05, 4.69) is 27.4 Å². The quantitative estimate of drug-likeness (QED) is 0.895. The molecular formula is C14H24N4O2. The molecule has 2 atom stereocenters. The van der Waals surface area contributed by atoms with E-state index < -0.39 is 0 Å². The molecule has 1 saturated heterocycles. The molecule has 0 spiro atoms. The van der Waals surface area contributed by atoms with Crippen molar-refractivity contribution in [3.05, 3.63) is 5.89 Å². The Morgan fingerprint density at radius 3 is 2.85 bits per heavy atom. The molecule has 2 fully saturated rings. The van der Waals surface area contributed by atoms with Gasteiger partial charge in [-0.3, -0.25) is 0 Å². The number of rotatable bonds is 4. The van der Waals surface area contributed by atoms with Gasteiger partial charge in [-0.2, -0.15) is 4.98 Å². The van der Waals surface area contributed by atoms with Crippen LogP contribution in [0.3, 0.4) is 0 Å². The second-order valence-corrected chi connectivity index (χ2v) is 5.73. The zero-order chi connectivity index (χ0) is 13.8. The number of morpholine rings is 1. The molecule has 1 aliphatic heterocycles. The van der Waals surface area contributed by atoms with Gasteiger partial charge in [0.05, 0.1) is 13.2 Å². The summed E-state index contributed by atoms with van der Waals surface area (Å²) in [5.41, 5.74) is 0. The fourth-order valence-corrected chi connectivity index (χ4v) is 3.28. The summed E-state index contributed by atoms with van der Waals surface area (Å²) in [4.78, 5) is 6.69. The molecular weight excluding hydrogens is 256 g/mol. The van der Waals surface area contributed by atoms with Gasteiger partial charge in [0.25, 0.3) is 5.95 Å². The molecule has 0 aromatic carbocycles. The Morgan fingerprint density at radius 2 is 2.05 bits per heavy atom. The van der Waals surface area contributed by atoms with Crippen LogP contribution in [0.5, 0.6) is 0 Å². The zero-order valence-electron chi connectivity index (χ0n) is 12.2. The molecule has 0 amide bonds. The minimum atomic E-state index is 0.586. The molecule has 2 aliphatic rings. The van der Waals surface area contributed by atoms with Crippen molar-refractivity contribution < 1.29 is 9.26 Å². The first kappa shape index (κ1) is 13.8. The van der Waals surface area contributed by atoms with Crippen molar-refractivity contribution in [3.63, 3.8) is 0 Å². The van der Waals surface area contributed by atoms with Crippen molar-refractivity contribution in [2.45, 2.75) is 38.1 Å². The van der Waals surface area contributed by atoms with Gasteiger partial charge in [0.15, 0.2) is 0 Å². The van der Waals surface area contributed by atoms with Gasteiger partial charge in [0.2, 0.25) is 5.89 Å². The summed E-state index contributed by atoms with van der Waals surface area (Å²) < 4.78 is 10.8. The van der Waals surface area contributed by atoms with Crippen LogP contribution in [0.2, 0.25) is 0 Å². The third-order valence-corrected chi connectivity index (χ3v) is 4.47. The molecule has 1 saturated carbocycles. The summed E-state index contributed by atoms with van der Waals surface area (Å²) in [6.45, 7) is 3.19. The standard InChI is InChI=1S/C14H24N4O2/c1-15-12-5-3-2-4-11(12)10-13-16-14(17-20-13)18-6-8-19-9-7-18/h11-12,15H,2-10H2,1H3. The Labute approximate surface area is 119 Å².